The highest BCUT2D eigenvalue weighted by molar-refractivity contribution is 7.99. The lowest BCUT2D eigenvalue weighted by molar-refractivity contribution is 0.374. The fraction of sp³-hybridized carbons (Fsp3) is 0.462. The maximum atomic E-state index is 6.08. The topological polar surface area (TPSA) is 51.8 Å². The van der Waals surface area contributed by atoms with E-state index in [4.69, 9.17) is 16.1 Å². The third-order valence-electron chi connectivity index (χ3n) is 2.60. The first-order valence-electron chi connectivity index (χ1n) is 6.30. The van der Waals surface area contributed by atoms with Gasteiger partial charge < -0.3 is 4.52 Å². The summed E-state index contributed by atoms with van der Waals surface area (Å²) >= 11 is 7.60. The monoisotopic (exact) mass is 297 g/mol. The van der Waals surface area contributed by atoms with Crippen LogP contribution in [0.1, 0.15) is 43.7 Å². The van der Waals surface area contributed by atoms with Crippen molar-refractivity contribution in [1.29, 1.82) is 0 Å². The maximum Gasteiger partial charge on any atom is 0.239 e. The minimum Gasteiger partial charge on any atom is -0.338 e. The van der Waals surface area contributed by atoms with E-state index in [9.17, 15) is 0 Å². The van der Waals surface area contributed by atoms with Crippen LogP contribution in [0.5, 0.6) is 0 Å². The minimum absolute atomic E-state index is 0.0373. The molecular formula is C13H16ClN3OS. The Labute approximate surface area is 122 Å². The lowest BCUT2D eigenvalue weighted by Gasteiger charge is -2.06. The summed E-state index contributed by atoms with van der Waals surface area (Å²) in [4.78, 5) is 8.65. The summed E-state index contributed by atoms with van der Waals surface area (Å²) in [6.45, 7) is 4.15. The van der Waals surface area contributed by atoms with E-state index in [2.05, 4.69) is 22.0 Å². The highest BCUT2D eigenvalue weighted by Gasteiger charge is 2.17. The van der Waals surface area contributed by atoms with Crippen molar-refractivity contribution in [2.75, 3.05) is 0 Å². The molecule has 4 nitrogen and oxygen atoms in total. The predicted molar refractivity (Wildman–Crippen MR) is 76.4 cm³/mol. The van der Waals surface area contributed by atoms with E-state index in [-0.39, 0.29) is 5.25 Å². The van der Waals surface area contributed by atoms with Gasteiger partial charge in [-0.1, -0.05) is 41.9 Å². The van der Waals surface area contributed by atoms with Crippen LogP contribution >= 0.6 is 23.4 Å². The van der Waals surface area contributed by atoms with Gasteiger partial charge >= 0.3 is 0 Å². The van der Waals surface area contributed by atoms with Crippen LogP contribution in [0.25, 0.3) is 0 Å². The molecule has 2 aromatic heterocycles. The minimum atomic E-state index is 0.0373. The van der Waals surface area contributed by atoms with Crippen molar-refractivity contribution in [3.8, 4) is 0 Å². The third-order valence-corrected chi connectivity index (χ3v) is 4.12. The first-order chi connectivity index (χ1) is 9.20. The lowest BCUT2D eigenvalue weighted by atomic mass is 10.2. The van der Waals surface area contributed by atoms with E-state index in [0.29, 0.717) is 10.9 Å². The number of aryl methyl sites for hydroxylation is 1. The molecule has 0 amide bonds. The summed E-state index contributed by atoms with van der Waals surface area (Å²) in [5.41, 5.74) is 0. The van der Waals surface area contributed by atoms with Crippen LogP contribution < -0.4 is 0 Å². The zero-order valence-corrected chi connectivity index (χ0v) is 12.5. The normalized spacial score (nSPS) is 12.6. The summed E-state index contributed by atoms with van der Waals surface area (Å²) in [7, 11) is 0. The second-order valence-electron chi connectivity index (χ2n) is 4.20. The zero-order chi connectivity index (χ0) is 13.7. The highest BCUT2D eigenvalue weighted by atomic mass is 35.5. The van der Waals surface area contributed by atoms with E-state index in [0.717, 1.165) is 30.1 Å². The van der Waals surface area contributed by atoms with Crippen LogP contribution in [0, 0.1) is 0 Å². The Morgan fingerprint density at radius 1 is 1.47 bits per heavy atom. The average Bonchev–Trinajstić information content (AvgIpc) is 2.88. The molecule has 6 heteroatoms. The Kier molecular flexibility index (Phi) is 5.22. The Morgan fingerprint density at radius 2 is 2.32 bits per heavy atom. The van der Waals surface area contributed by atoms with Gasteiger partial charge in [-0.15, -0.1) is 0 Å². The predicted octanol–water partition coefficient (Wildman–Crippen LogP) is 4.31. The van der Waals surface area contributed by atoms with Gasteiger partial charge in [-0.25, -0.2) is 4.98 Å². The van der Waals surface area contributed by atoms with Gasteiger partial charge in [0.2, 0.25) is 5.89 Å². The van der Waals surface area contributed by atoms with Gasteiger partial charge in [-0.3, -0.25) is 0 Å². The second kappa shape index (κ2) is 6.91. The molecule has 0 saturated heterocycles. The van der Waals surface area contributed by atoms with E-state index in [1.165, 1.54) is 11.8 Å². The molecule has 102 valence electrons. The van der Waals surface area contributed by atoms with Crippen molar-refractivity contribution >= 4 is 23.4 Å². The highest BCUT2D eigenvalue weighted by Crippen LogP contribution is 2.36. The molecule has 0 N–H and O–H groups in total. The number of rotatable bonds is 6. The van der Waals surface area contributed by atoms with Gasteiger partial charge in [-0.2, -0.15) is 4.98 Å². The van der Waals surface area contributed by atoms with E-state index in [1.54, 1.807) is 6.20 Å². The summed E-state index contributed by atoms with van der Waals surface area (Å²) in [6.07, 6.45) is 4.79. The van der Waals surface area contributed by atoms with Crippen LogP contribution in [0.3, 0.4) is 0 Å². The molecule has 2 heterocycles. The van der Waals surface area contributed by atoms with Gasteiger partial charge in [0.25, 0.3) is 0 Å². The number of aromatic nitrogens is 3. The van der Waals surface area contributed by atoms with Gasteiger partial charge in [0.15, 0.2) is 5.82 Å². The van der Waals surface area contributed by atoms with Gasteiger partial charge in [0.05, 0.1) is 10.3 Å². The number of hydrogen-bond donors (Lipinski definition) is 0. The first-order valence-corrected chi connectivity index (χ1v) is 7.56. The average molecular weight is 298 g/mol. The fourth-order valence-electron chi connectivity index (χ4n) is 1.54. The summed E-state index contributed by atoms with van der Waals surface area (Å²) in [5, 5.41) is 5.45. The van der Waals surface area contributed by atoms with Crippen LogP contribution in [-0.4, -0.2) is 15.1 Å². The molecule has 19 heavy (non-hydrogen) atoms. The molecule has 1 unspecified atom stereocenters. The number of nitrogens with zero attached hydrogens (tertiary/aromatic N) is 3. The van der Waals surface area contributed by atoms with Gasteiger partial charge in [0, 0.05) is 12.6 Å². The van der Waals surface area contributed by atoms with E-state index >= 15 is 0 Å². The van der Waals surface area contributed by atoms with Crippen LogP contribution in [0.2, 0.25) is 5.02 Å². The van der Waals surface area contributed by atoms with Crippen molar-refractivity contribution in [3.05, 3.63) is 35.1 Å². The first kappa shape index (κ1) is 14.3. The second-order valence-corrected chi connectivity index (χ2v) is 5.94. The smallest absolute Gasteiger partial charge is 0.239 e. The number of hydrogen-bond acceptors (Lipinski definition) is 5. The largest absolute Gasteiger partial charge is 0.338 e. The Bertz CT molecular complexity index is 532. The van der Waals surface area contributed by atoms with Crippen LogP contribution in [-0.2, 0) is 6.42 Å². The summed E-state index contributed by atoms with van der Waals surface area (Å²) < 4.78 is 5.28. The van der Waals surface area contributed by atoms with Crippen molar-refractivity contribution < 1.29 is 4.52 Å². The SMILES string of the molecule is CCCCc1noc(C(C)Sc2ncccc2Cl)n1. The van der Waals surface area contributed by atoms with E-state index in [1.807, 2.05) is 19.1 Å². The van der Waals surface area contributed by atoms with Crippen molar-refractivity contribution in [2.24, 2.45) is 0 Å². The Balaban J connectivity index is 2.01. The molecule has 0 radical (unpaired) electrons. The molecule has 0 aliphatic rings. The molecule has 0 aliphatic carbocycles. The molecule has 0 aliphatic heterocycles. The third kappa shape index (κ3) is 3.94. The van der Waals surface area contributed by atoms with Gasteiger partial charge in [0.1, 0.15) is 5.03 Å². The van der Waals surface area contributed by atoms with Crippen LogP contribution in [0.4, 0.5) is 0 Å². The lowest BCUT2D eigenvalue weighted by Crippen LogP contribution is -1.92. The number of unbranched alkanes of at least 4 members (excludes halogenated alkanes) is 1. The Morgan fingerprint density at radius 3 is 3.05 bits per heavy atom. The standard InChI is InChI=1S/C13H16ClN3OS/c1-3-4-7-11-16-12(18-17-11)9(2)19-13-10(14)6-5-8-15-13/h5-6,8-9H,3-4,7H2,1-2H3. The molecule has 2 aromatic rings. The summed E-state index contributed by atoms with van der Waals surface area (Å²) in [6, 6.07) is 3.64. The Hall–Kier alpha value is -1.07. The summed E-state index contributed by atoms with van der Waals surface area (Å²) in [5.74, 6) is 1.40. The molecule has 0 spiro atoms. The molecular weight excluding hydrogens is 282 g/mol. The zero-order valence-electron chi connectivity index (χ0n) is 11.0. The quantitative estimate of drug-likeness (QED) is 0.743. The van der Waals surface area contributed by atoms with Crippen molar-refractivity contribution in [2.45, 2.75) is 43.4 Å². The number of thioether (sulfide) groups is 1. The van der Waals surface area contributed by atoms with Crippen LogP contribution in [0.15, 0.2) is 27.9 Å². The maximum absolute atomic E-state index is 6.08. The van der Waals surface area contributed by atoms with Crippen molar-refractivity contribution in [3.63, 3.8) is 0 Å². The number of halogens is 1. The van der Waals surface area contributed by atoms with E-state index < -0.39 is 0 Å². The molecule has 0 aromatic carbocycles. The number of pyridine rings is 1. The molecule has 2 rings (SSSR count). The van der Waals surface area contributed by atoms with Crippen molar-refractivity contribution in [1.82, 2.24) is 15.1 Å². The molecule has 1 atom stereocenters. The molecule has 0 fully saturated rings. The fourth-order valence-corrected chi connectivity index (χ4v) is 2.63. The molecule has 0 bridgehead atoms. The molecule has 0 saturated carbocycles. The van der Waals surface area contributed by atoms with Gasteiger partial charge in [-0.05, 0) is 25.5 Å².